The molecule has 0 radical (unpaired) electrons. The predicted octanol–water partition coefficient (Wildman–Crippen LogP) is -2.05. The van der Waals surface area contributed by atoms with Crippen LogP contribution in [0.5, 0.6) is 0 Å². The van der Waals surface area contributed by atoms with Crippen molar-refractivity contribution in [2.45, 2.75) is 6.04 Å². The van der Waals surface area contributed by atoms with Crippen molar-refractivity contribution in [3.05, 3.63) is 30.1 Å². The number of piperazine rings is 1. The van der Waals surface area contributed by atoms with E-state index >= 15 is 0 Å². The lowest BCUT2D eigenvalue weighted by Crippen LogP contribution is -2.97. The van der Waals surface area contributed by atoms with E-state index in [1.54, 1.807) is 23.2 Å². The van der Waals surface area contributed by atoms with Crippen LogP contribution in [0.3, 0.4) is 0 Å². The highest BCUT2D eigenvalue weighted by Gasteiger charge is 2.30. The molecule has 2 amide bonds. The maximum Gasteiger partial charge on any atom is 0.277 e. The van der Waals surface area contributed by atoms with Crippen LogP contribution < -0.4 is 11.1 Å². The monoisotopic (exact) mass is 235 g/mol. The summed E-state index contributed by atoms with van der Waals surface area (Å²) >= 11 is 0. The van der Waals surface area contributed by atoms with Crippen LogP contribution in [0.15, 0.2) is 24.5 Å². The first kappa shape index (κ1) is 11.5. The first-order valence-corrected chi connectivity index (χ1v) is 5.50. The van der Waals surface area contributed by atoms with Gasteiger partial charge in [0.15, 0.2) is 6.04 Å². The molecule has 2 heterocycles. The summed E-state index contributed by atoms with van der Waals surface area (Å²) in [6, 6.07) is 3.09. The van der Waals surface area contributed by atoms with Crippen molar-refractivity contribution in [3.8, 4) is 0 Å². The predicted molar refractivity (Wildman–Crippen MR) is 59.9 cm³/mol. The number of amides is 2. The number of nitrogens with two attached hydrogens (primary N) is 2. The fourth-order valence-electron chi connectivity index (χ4n) is 1.90. The van der Waals surface area contributed by atoms with E-state index in [0.717, 1.165) is 0 Å². The Balaban J connectivity index is 2.07. The molecule has 0 unspecified atom stereocenters. The van der Waals surface area contributed by atoms with Crippen molar-refractivity contribution >= 4 is 11.8 Å². The minimum absolute atomic E-state index is 0.0996. The number of rotatable bonds is 2. The molecular weight excluding hydrogens is 220 g/mol. The zero-order valence-electron chi connectivity index (χ0n) is 9.37. The Morgan fingerprint density at radius 3 is 3.00 bits per heavy atom. The molecule has 1 atom stereocenters. The molecule has 1 saturated heterocycles. The Labute approximate surface area is 98.8 Å². The molecule has 1 aliphatic heterocycles. The Kier molecular flexibility index (Phi) is 3.34. The van der Waals surface area contributed by atoms with Gasteiger partial charge in [0.05, 0.1) is 25.2 Å². The highest BCUT2D eigenvalue weighted by atomic mass is 16.2. The number of aromatic nitrogens is 1. The van der Waals surface area contributed by atoms with E-state index in [0.29, 0.717) is 25.2 Å². The normalized spacial score (nSPS) is 20.0. The van der Waals surface area contributed by atoms with Gasteiger partial charge >= 0.3 is 0 Å². The summed E-state index contributed by atoms with van der Waals surface area (Å²) in [7, 11) is 0. The second-order valence-electron chi connectivity index (χ2n) is 4.03. The van der Waals surface area contributed by atoms with Crippen LogP contribution >= 0.6 is 0 Å². The summed E-state index contributed by atoms with van der Waals surface area (Å²) in [5.41, 5.74) is 5.79. The van der Waals surface area contributed by atoms with Gasteiger partial charge in [0.25, 0.3) is 11.8 Å². The van der Waals surface area contributed by atoms with Crippen LogP contribution in [0.4, 0.5) is 0 Å². The van der Waals surface area contributed by atoms with E-state index in [1.165, 1.54) is 6.20 Å². The van der Waals surface area contributed by atoms with E-state index in [4.69, 9.17) is 5.73 Å². The van der Waals surface area contributed by atoms with Gasteiger partial charge in [0.1, 0.15) is 0 Å². The highest BCUT2D eigenvalue weighted by Crippen LogP contribution is 2.04. The quantitative estimate of drug-likeness (QED) is 0.618. The van der Waals surface area contributed by atoms with Crippen molar-refractivity contribution in [2.75, 3.05) is 19.6 Å². The lowest BCUT2D eigenvalue weighted by molar-refractivity contribution is -0.683. The van der Waals surface area contributed by atoms with Gasteiger partial charge in [-0.1, -0.05) is 0 Å². The summed E-state index contributed by atoms with van der Waals surface area (Å²) in [6.07, 6.45) is 3.15. The zero-order chi connectivity index (χ0) is 12.3. The standard InChI is InChI=1S/C11H14N4O2/c12-10(16)9-7-15(5-4-14-9)11(17)8-2-1-3-13-6-8/h1-3,6,9,14H,4-5,7H2,(H2,12,16)/p+1/t9-/m1/s1. The Bertz CT molecular complexity index is 421. The summed E-state index contributed by atoms with van der Waals surface area (Å²) < 4.78 is 0. The molecule has 1 aromatic rings. The summed E-state index contributed by atoms with van der Waals surface area (Å²) in [5, 5.41) is 1.87. The number of hydrogen-bond donors (Lipinski definition) is 2. The number of pyridine rings is 1. The molecule has 6 heteroatoms. The Morgan fingerprint density at radius 1 is 1.53 bits per heavy atom. The smallest absolute Gasteiger partial charge is 0.277 e. The molecule has 1 fully saturated rings. The molecule has 1 aliphatic rings. The molecule has 17 heavy (non-hydrogen) atoms. The number of hydrogen-bond acceptors (Lipinski definition) is 3. The molecule has 0 bridgehead atoms. The Hall–Kier alpha value is -1.95. The van der Waals surface area contributed by atoms with Crippen LogP contribution in [0, 0.1) is 0 Å². The second kappa shape index (κ2) is 4.92. The maximum atomic E-state index is 12.1. The van der Waals surface area contributed by atoms with Crippen LogP contribution in [0.1, 0.15) is 10.4 Å². The second-order valence-corrected chi connectivity index (χ2v) is 4.03. The van der Waals surface area contributed by atoms with Crippen molar-refractivity contribution in [1.29, 1.82) is 0 Å². The SMILES string of the molecule is NC(=O)[C@H]1CN(C(=O)c2cccnc2)CC[NH2+]1. The van der Waals surface area contributed by atoms with E-state index < -0.39 is 0 Å². The van der Waals surface area contributed by atoms with E-state index in [-0.39, 0.29) is 17.9 Å². The van der Waals surface area contributed by atoms with Gasteiger partial charge in [0.2, 0.25) is 0 Å². The molecular formula is C11H15N4O2+. The van der Waals surface area contributed by atoms with Gasteiger partial charge in [-0.05, 0) is 12.1 Å². The minimum Gasteiger partial charge on any atom is -0.364 e. The first-order valence-electron chi connectivity index (χ1n) is 5.50. The van der Waals surface area contributed by atoms with Gasteiger partial charge < -0.3 is 16.0 Å². The van der Waals surface area contributed by atoms with Crippen LogP contribution in [0.2, 0.25) is 0 Å². The van der Waals surface area contributed by atoms with Gasteiger partial charge in [-0.3, -0.25) is 14.6 Å². The number of carbonyl (C=O) groups excluding carboxylic acids is 2. The van der Waals surface area contributed by atoms with E-state index in [1.807, 2.05) is 5.32 Å². The number of quaternary nitrogens is 1. The zero-order valence-corrected chi connectivity index (χ0v) is 9.37. The molecule has 0 spiro atoms. The molecule has 90 valence electrons. The van der Waals surface area contributed by atoms with Gasteiger partial charge in [-0.2, -0.15) is 0 Å². The molecule has 1 aromatic heterocycles. The summed E-state index contributed by atoms with van der Waals surface area (Å²) in [6.45, 7) is 1.68. The fraction of sp³-hybridized carbons (Fsp3) is 0.364. The highest BCUT2D eigenvalue weighted by molar-refractivity contribution is 5.94. The fourth-order valence-corrected chi connectivity index (χ4v) is 1.90. The average molecular weight is 235 g/mol. The lowest BCUT2D eigenvalue weighted by Gasteiger charge is -2.29. The lowest BCUT2D eigenvalue weighted by atomic mass is 10.1. The van der Waals surface area contributed by atoms with Crippen molar-refractivity contribution < 1.29 is 14.9 Å². The molecule has 0 aliphatic carbocycles. The molecule has 6 nitrogen and oxygen atoms in total. The van der Waals surface area contributed by atoms with Gasteiger partial charge in [-0.25, -0.2) is 0 Å². The largest absolute Gasteiger partial charge is 0.364 e. The van der Waals surface area contributed by atoms with Crippen molar-refractivity contribution in [1.82, 2.24) is 9.88 Å². The van der Waals surface area contributed by atoms with Crippen molar-refractivity contribution in [2.24, 2.45) is 5.73 Å². The van der Waals surface area contributed by atoms with Crippen LogP contribution in [-0.4, -0.2) is 47.4 Å². The third-order valence-electron chi connectivity index (χ3n) is 2.83. The van der Waals surface area contributed by atoms with Gasteiger partial charge in [-0.15, -0.1) is 0 Å². The van der Waals surface area contributed by atoms with Crippen LogP contribution in [-0.2, 0) is 4.79 Å². The summed E-state index contributed by atoms with van der Waals surface area (Å²) in [4.78, 5) is 28.7. The first-order chi connectivity index (χ1) is 8.18. The van der Waals surface area contributed by atoms with Crippen LogP contribution in [0.25, 0.3) is 0 Å². The minimum atomic E-state index is -0.381. The number of primary amides is 1. The molecule has 2 rings (SSSR count). The van der Waals surface area contributed by atoms with E-state index in [2.05, 4.69) is 4.98 Å². The average Bonchev–Trinajstić information content (AvgIpc) is 2.39. The number of nitrogens with zero attached hydrogens (tertiary/aromatic N) is 2. The molecule has 0 aromatic carbocycles. The molecule has 0 saturated carbocycles. The summed E-state index contributed by atoms with van der Waals surface area (Å²) in [5.74, 6) is -0.480. The van der Waals surface area contributed by atoms with Crippen molar-refractivity contribution in [3.63, 3.8) is 0 Å². The molecule has 4 N–H and O–H groups in total. The Morgan fingerprint density at radius 2 is 2.35 bits per heavy atom. The third-order valence-corrected chi connectivity index (χ3v) is 2.83. The maximum absolute atomic E-state index is 12.1. The third kappa shape index (κ3) is 2.59. The number of carbonyl (C=O) groups is 2. The topological polar surface area (TPSA) is 92.9 Å². The van der Waals surface area contributed by atoms with E-state index in [9.17, 15) is 9.59 Å². The van der Waals surface area contributed by atoms with Gasteiger partial charge in [0, 0.05) is 12.4 Å².